The second-order valence-electron chi connectivity index (χ2n) is 5.36. The monoisotopic (exact) mass is 362 g/mol. The van der Waals surface area contributed by atoms with Gasteiger partial charge in [-0.05, 0) is 43.2 Å². The van der Waals surface area contributed by atoms with Gasteiger partial charge in [-0.2, -0.15) is 0 Å². The maximum atomic E-state index is 12.5. The van der Waals surface area contributed by atoms with Crippen molar-refractivity contribution in [2.75, 3.05) is 6.61 Å². The fraction of sp³-hybridized carbons (Fsp3) is 0.278. The number of rotatable bonds is 7. The zero-order valence-corrected chi connectivity index (χ0v) is 14.7. The van der Waals surface area contributed by atoms with Gasteiger partial charge in [0.2, 0.25) is 0 Å². The summed E-state index contributed by atoms with van der Waals surface area (Å²) in [6.45, 7) is 3.98. The topological polar surface area (TPSA) is 81.5 Å². The van der Waals surface area contributed by atoms with Crippen LogP contribution in [0.4, 0.5) is 5.69 Å². The zero-order valence-electron chi connectivity index (χ0n) is 14.0. The number of carbonyl (C=O) groups excluding carboxylic acids is 1. The molecule has 0 bridgehead atoms. The first kappa shape index (κ1) is 18.7. The number of amides is 1. The van der Waals surface area contributed by atoms with E-state index in [2.05, 4.69) is 5.32 Å². The van der Waals surface area contributed by atoms with E-state index in [1.165, 1.54) is 18.2 Å². The Morgan fingerprint density at radius 3 is 2.64 bits per heavy atom. The third kappa shape index (κ3) is 4.70. The summed E-state index contributed by atoms with van der Waals surface area (Å²) in [4.78, 5) is 23.1. The van der Waals surface area contributed by atoms with Crippen LogP contribution in [0, 0.1) is 10.1 Å². The van der Waals surface area contributed by atoms with Gasteiger partial charge in [0.1, 0.15) is 0 Å². The summed E-state index contributed by atoms with van der Waals surface area (Å²) >= 11 is 6.00. The van der Waals surface area contributed by atoms with Crippen molar-refractivity contribution in [1.29, 1.82) is 0 Å². The second kappa shape index (κ2) is 8.48. The van der Waals surface area contributed by atoms with Crippen LogP contribution in [-0.2, 0) is 0 Å². The van der Waals surface area contributed by atoms with Gasteiger partial charge in [0, 0.05) is 16.7 Å². The number of hydrogen-bond donors (Lipinski definition) is 1. The molecule has 25 heavy (non-hydrogen) atoms. The number of ether oxygens (including phenoxy) is 1. The van der Waals surface area contributed by atoms with Crippen molar-refractivity contribution in [3.8, 4) is 5.75 Å². The SMILES string of the molecule is CCOc1ccc(C(=O)NC(CC)c2cccc(Cl)c2)cc1[N+](=O)[O-]. The average molecular weight is 363 g/mol. The number of nitro groups is 1. The highest BCUT2D eigenvalue weighted by Crippen LogP contribution is 2.28. The average Bonchev–Trinajstić information content (AvgIpc) is 2.59. The van der Waals surface area contributed by atoms with Crippen molar-refractivity contribution in [1.82, 2.24) is 5.32 Å². The third-order valence-electron chi connectivity index (χ3n) is 3.68. The molecule has 0 spiro atoms. The van der Waals surface area contributed by atoms with Gasteiger partial charge in [-0.3, -0.25) is 14.9 Å². The molecule has 0 aliphatic heterocycles. The number of nitrogens with zero attached hydrogens (tertiary/aromatic N) is 1. The third-order valence-corrected chi connectivity index (χ3v) is 3.92. The van der Waals surface area contributed by atoms with Crippen molar-refractivity contribution in [3.63, 3.8) is 0 Å². The Bertz CT molecular complexity index is 779. The smallest absolute Gasteiger partial charge is 0.311 e. The summed E-state index contributed by atoms with van der Waals surface area (Å²) in [7, 11) is 0. The summed E-state index contributed by atoms with van der Waals surface area (Å²) in [5.41, 5.74) is 0.852. The lowest BCUT2D eigenvalue weighted by molar-refractivity contribution is -0.385. The summed E-state index contributed by atoms with van der Waals surface area (Å²) in [6, 6.07) is 11.2. The van der Waals surface area contributed by atoms with Crippen LogP contribution in [-0.4, -0.2) is 17.4 Å². The molecule has 1 amide bonds. The van der Waals surface area contributed by atoms with Gasteiger partial charge in [-0.1, -0.05) is 30.7 Å². The molecule has 0 fully saturated rings. The van der Waals surface area contributed by atoms with Crippen molar-refractivity contribution in [2.24, 2.45) is 0 Å². The summed E-state index contributed by atoms with van der Waals surface area (Å²) in [5.74, 6) is -0.246. The van der Waals surface area contributed by atoms with E-state index in [1.807, 2.05) is 19.1 Å². The molecule has 0 aromatic heterocycles. The zero-order chi connectivity index (χ0) is 18.4. The second-order valence-corrected chi connectivity index (χ2v) is 5.80. The van der Waals surface area contributed by atoms with E-state index >= 15 is 0 Å². The lowest BCUT2D eigenvalue weighted by Crippen LogP contribution is -2.28. The maximum absolute atomic E-state index is 12.5. The van der Waals surface area contributed by atoms with Crippen molar-refractivity contribution < 1.29 is 14.5 Å². The Balaban J connectivity index is 2.24. The molecule has 1 unspecified atom stereocenters. The summed E-state index contributed by atoms with van der Waals surface area (Å²) in [5, 5.41) is 14.7. The van der Waals surface area contributed by atoms with Gasteiger partial charge in [0.05, 0.1) is 17.6 Å². The van der Waals surface area contributed by atoms with Crippen LogP contribution in [0.3, 0.4) is 0 Å². The minimum absolute atomic E-state index is 0.144. The minimum Gasteiger partial charge on any atom is -0.487 e. The minimum atomic E-state index is -0.559. The van der Waals surface area contributed by atoms with Crippen LogP contribution in [0.2, 0.25) is 5.02 Å². The Hall–Kier alpha value is -2.60. The Morgan fingerprint density at radius 2 is 2.04 bits per heavy atom. The van der Waals surface area contributed by atoms with E-state index in [4.69, 9.17) is 16.3 Å². The van der Waals surface area contributed by atoms with Crippen LogP contribution in [0.5, 0.6) is 5.75 Å². The quantitative estimate of drug-likeness (QED) is 0.579. The molecular weight excluding hydrogens is 344 g/mol. The molecule has 0 aliphatic rings. The molecule has 0 heterocycles. The van der Waals surface area contributed by atoms with Crippen molar-refractivity contribution in [2.45, 2.75) is 26.3 Å². The molecule has 2 aromatic carbocycles. The molecule has 1 atom stereocenters. The highest BCUT2D eigenvalue weighted by Gasteiger charge is 2.20. The number of nitro benzene ring substituents is 1. The van der Waals surface area contributed by atoms with Crippen LogP contribution >= 0.6 is 11.6 Å². The summed E-state index contributed by atoms with van der Waals surface area (Å²) < 4.78 is 5.23. The van der Waals surface area contributed by atoms with E-state index in [0.29, 0.717) is 18.1 Å². The number of benzene rings is 2. The van der Waals surface area contributed by atoms with Gasteiger partial charge >= 0.3 is 5.69 Å². The van der Waals surface area contributed by atoms with Crippen LogP contribution < -0.4 is 10.1 Å². The Labute approximate surface area is 150 Å². The van der Waals surface area contributed by atoms with Gasteiger partial charge < -0.3 is 10.1 Å². The van der Waals surface area contributed by atoms with E-state index in [9.17, 15) is 14.9 Å². The molecule has 6 nitrogen and oxygen atoms in total. The first-order chi connectivity index (χ1) is 12.0. The lowest BCUT2D eigenvalue weighted by Gasteiger charge is -2.18. The predicted octanol–water partition coefficient (Wildman–Crippen LogP) is 4.53. The highest BCUT2D eigenvalue weighted by atomic mass is 35.5. The molecule has 0 saturated heterocycles. The largest absolute Gasteiger partial charge is 0.487 e. The first-order valence-corrected chi connectivity index (χ1v) is 8.31. The predicted molar refractivity (Wildman–Crippen MR) is 96.2 cm³/mol. The standard InChI is InChI=1S/C18H19ClN2O4/c1-3-15(12-6-5-7-14(19)10-12)20-18(22)13-8-9-17(25-4-2)16(11-13)21(23)24/h5-11,15H,3-4H2,1-2H3,(H,20,22). The molecule has 1 N–H and O–H groups in total. The number of nitrogens with one attached hydrogen (secondary N) is 1. The maximum Gasteiger partial charge on any atom is 0.311 e. The van der Waals surface area contributed by atoms with E-state index in [1.54, 1.807) is 19.1 Å². The first-order valence-electron chi connectivity index (χ1n) is 7.93. The molecule has 0 saturated carbocycles. The summed E-state index contributed by atoms with van der Waals surface area (Å²) in [6.07, 6.45) is 0.658. The Morgan fingerprint density at radius 1 is 1.28 bits per heavy atom. The molecule has 7 heteroatoms. The Kier molecular flexibility index (Phi) is 6.36. The molecule has 0 radical (unpaired) electrons. The highest BCUT2D eigenvalue weighted by molar-refractivity contribution is 6.30. The number of halogens is 1. The fourth-order valence-corrected chi connectivity index (χ4v) is 2.66. The van der Waals surface area contributed by atoms with Gasteiger partial charge in [-0.15, -0.1) is 0 Å². The van der Waals surface area contributed by atoms with Gasteiger partial charge in [-0.25, -0.2) is 0 Å². The lowest BCUT2D eigenvalue weighted by atomic mass is 10.0. The van der Waals surface area contributed by atoms with E-state index in [0.717, 1.165) is 5.56 Å². The molecule has 132 valence electrons. The number of carbonyl (C=O) groups is 1. The molecular formula is C18H19ClN2O4. The van der Waals surface area contributed by atoms with E-state index < -0.39 is 10.8 Å². The van der Waals surface area contributed by atoms with Gasteiger partial charge in [0.15, 0.2) is 5.75 Å². The molecule has 2 aromatic rings. The molecule has 2 rings (SSSR count). The van der Waals surface area contributed by atoms with Crippen LogP contribution in [0.1, 0.15) is 42.2 Å². The molecule has 0 aliphatic carbocycles. The fourth-order valence-electron chi connectivity index (χ4n) is 2.46. The normalized spacial score (nSPS) is 11.6. The number of hydrogen-bond acceptors (Lipinski definition) is 4. The van der Waals surface area contributed by atoms with Crippen molar-refractivity contribution >= 4 is 23.2 Å². The van der Waals surface area contributed by atoms with Crippen molar-refractivity contribution in [3.05, 3.63) is 68.7 Å². The van der Waals surface area contributed by atoms with E-state index in [-0.39, 0.29) is 23.0 Å². The van der Waals surface area contributed by atoms with Crippen LogP contribution in [0.15, 0.2) is 42.5 Å². The van der Waals surface area contributed by atoms with Gasteiger partial charge in [0.25, 0.3) is 5.91 Å². The van der Waals surface area contributed by atoms with Crippen LogP contribution in [0.25, 0.3) is 0 Å².